The van der Waals surface area contributed by atoms with Crippen molar-refractivity contribution in [3.63, 3.8) is 0 Å². The van der Waals surface area contributed by atoms with Crippen LogP contribution in [0.25, 0.3) is 0 Å². The SMILES string of the molecule is CN(C)C1COCCN1C(=O)c1ccccc1. The fourth-order valence-corrected chi connectivity index (χ4v) is 2.00. The zero-order chi connectivity index (χ0) is 12.3. The van der Waals surface area contributed by atoms with Crippen LogP contribution >= 0.6 is 0 Å². The lowest BCUT2D eigenvalue weighted by Gasteiger charge is -2.39. The number of likely N-dealkylation sites (N-methyl/N-ethyl adjacent to an activating group) is 1. The summed E-state index contributed by atoms with van der Waals surface area (Å²) in [5.41, 5.74) is 0.737. The van der Waals surface area contributed by atoms with Gasteiger partial charge in [-0.1, -0.05) is 18.2 Å². The quantitative estimate of drug-likeness (QED) is 0.766. The Labute approximate surface area is 102 Å². The van der Waals surface area contributed by atoms with E-state index in [9.17, 15) is 4.79 Å². The van der Waals surface area contributed by atoms with Crippen molar-refractivity contribution in [3.05, 3.63) is 35.9 Å². The van der Waals surface area contributed by atoms with Crippen molar-refractivity contribution in [3.8, 4) is 0 Å². The molecular formula is C13H18N2O2. The maximum atomic E-state index is 12.4. The number of carbonyl (C=O) groups is 1. The van der Waals surface area contributed by atoms with Crippen molar-refractivity contribution < 1.29 is 9.53 Å². The summed E-state index contributed by atoms with van der Waals surface area (Å²) in [6, 6.07) is 9.39. The minimum absolute atomic E-state index is 0.0245. The van der Waals surface area contributed by atoms with E-state index in [4.69, 9.17) is 4.74 Å². The number of morpholine rings is 1. The number of hydrogen-bond donors (Lipinski definition) is 0. The van der Waals surface area contributed by atoms with Crippen molar-refractivity contribution in [2.75, 3.05) is 33.9 Å². The van der Waals surface area contributed by atoms with Crippen LogP contribution in [0.2, 0.25) is 0 Å². The molecule has 4 heteroatoms. The summed E-state index contributed by atoms with van der Waals surface area (Å²) in [6.45, 7) is 1.84. The van der Waals surface area contributed by atoms with Gasteiger partial charge >= 0.3 is 0 Å². The number of rotatable bonds is 2. The molecule has 1 aliphatic rings. The van der Waals surface area contributed by atoms with Crippen LogP contribution in [-0.2, 0) is 4.74 Å². The van der Waals surface area contributed by atoms with Crippen molar-refractivity contribution >= 4 is 5.91 Å². The lowest BCUT2D eigenvalue weighted by molar-refractivity contribution is -0.0463. The molecule has 0 radical (unpaired) electrons. The van der Waals surface area contributed by atoms with Gasteiger partial charge in [-0.25, -0.2) is 0 Å². The highest BCUT2D eigenvalue weighted by Crippen LogP contribution is 2.13. The molecule has 0 aromatic heterocycles. The molecule has 0 saturated carbocycles. The predicted molar refractivity (Wildman–Crippen MR) is 65.8 cm³/mol. The third kappa shape index (κ3) is 2.65. The molecular weight excluding hydrogens is 216 g/mol. The van der Waals surface area contributed by atoms with Crippen LogP contribution in [0.5, 0.6) is 0 Å². The highest BCUT2D eigenvalue weighted by atomic mass is 16.5. The van der Waals surface area contributed by atoms with Gasteiger partial charge in [-0.2, -0.15) is 0 Å². The molecule has 4 nitrogen and oxygen atoms in total. The van der Waals surface area contributed by atoms with E-state index in [0.29, 0.717) is 19.8 Å². The Morgan fingerprint density at radius 3 is 2.71 bits per heavy atom. The Bertz CT molecular complexity index is 378. The van der Waals surface area contributed by atoms with E-state index < -0.39 is 0 Å². The molecule has 17 heavy (non-hydrogen) atoms. The molecule has 1 saturated heterocycles. The standard InChI is InChI=1S/C13H18N2O2/c1-14(2)12-10-17-9-8-15(12)13(16)11-6-4-3-5-7-11/h3-7,12H,8-10H2,1-2H3. The zero-order valence-corrected chi connectivity index (χ0v) is 10.3. The Kier molecular flexibility index (Phi) is 3.76. The molecule has 1 amide bonds. The van der Waals surface area contributed by atoms with Crippen molar-refractivity contribution in [1.29, 1.82) is 0 Å². The normalized spacial score (nSPS) is 20.6. The summed E-state index contributed by atoms with van der Waals surface area (Å²) in [6.07, 6.45) is 0.0245. The van der Waals surface area contributed by atoms with E-state index in [1.165, 1.54) is 0 Å². The lowest BCUT2D eigenvalue weighted by atomic mass is 10.2. The minimum atomic E-state index is 0.0245. The first-order valence-electron chi connectivity index (χ1n) is 5.80. The summed E-state index contributed by atoms with van der Waals surface area (Å²) in [5, 5.41) is 0. The Balaban J connectivity index is 2.17. The molecule has 0 aliphatic carbocycles. The van der Waals surface area contributed by atoms with Crippen molar-refractivity contribution in [1.82, 2.24) is 9.80 Å². The van der Waals surface area contributed by atoms with Crippen LogP contribution in [0, 0.1) is 0 Å². The predicted octanol–water partition coefficient (Wildman–Crippen LogP) is 1.05. The number of amides is 1. The molecule has 0 bridgehead atoms. The van der Waals surface area contributed by atoms with E-state index in [-0.39, 0.29) is 12.1 Å². The van der Waals surface area contributed by atoms with Gasteiger partial charge in [0.15, 0.2) is 0 Å². The lowest BCUT2D eigenvalue weighted by Crippen LogP contribution is -2.55. The number of carbonyl (C=O) groups excluding carboxylic acids is 1. The maximum absolute atomic E-state index is 12.4. The molecule has 1 fully saturated rings. The first-order valence-corrected chi connectivity index (χ1v) is 5.80. The van der Waals surface area contributed by atoms with Gasteiger partial charge in [-0.05, 0) is 26.2 Å². The Morgan fingerprint density at radius 2 is 2.06 bits per heavy atom. The van der Waals surface area contributed by atoms with Crippen LogP contribution in [0.3, 0.4) is 0 Å². The molecule has 92 valence electrons. The van der Waals surface area contributed by atoms with Gasteiger partial charge in [0.25, 0.3) is 5.91 Å². The first kappa shape index (κ1) is 12.1. The van der Waals surface area contributed by atoms with Gasteiger partial charge in [0, 0.05) is 12.1 Å². The number of hydrogen-bond acceptors (Lipinski definition) is 3. The zero-order valence-electron chi connectivity index (χ0n) is 10.3. The molecule has 0 N–H and O–H groups in total. The van der Waals surface area contributed by atoms with Crippen molar-refractivity contribution in [2.45, 2.75) is 6.17 Å². The van der Waals surface area contributed by atoms with Crippen LogP contribution in [0.1, 0.15) is 10.4 Å². The fourth-order valence-electron chi connectivity index (χ4n) is 2.00. The number of ether oxygens (including phenoxy) is 1. The monoisotopic (exact) mass is 234 g/mol. The second-order valence-corrected chi connectivity index (χ2v) is 4.38. The highest BCUT2D eigenvalue weighted by molar-refractivity contribution is 5.94. The maximum Gasteiger partial charge on any atom is 0.255 e. The van der Waals surface area contributed by atoms with Crippen LogP contribution < -0.4 is 0 Å². The minimum Gasteiger partial charge on any atom is -0.376 e. The van der Waals surface area contributed by atoms with E-state index in [0.717, 1.165) is 5.56 Å². The van der Waals surface area contributed by atoms with Crippen LogP contribution in [0.4, 0.5) is 0 Å². The van der Waals surface area contributed by atoms with Crippen LogP contribution in [-0.4, -0.2) is 55.7 Å². The summed E-state index contributed by atoms with van der Waals surface area (Å²) in [5.74, 6) is 0.0765. The molecule has 1 aromatic rings. The largest absolute Gasteiger partial charge is 0.376 e. The second-order valence-electron chi connectivity index (χ2n) is 4.38. The molecule has 1 atom stereocenters. The third-order valence-electron chi connectivity index (χ3n) is 2.98. The average molecular weight is 234 g/mol. The van der Waals surface area contributed by atoms with E-state index in [2.05, 4.69) is 0 Å². The topological polar surface area (TPSA) is 32.8 Å². The molecule has 1 aliphatic heterocycles. The summed E-state index contributed by atoms with van der Waals surface area (Å²) in [4.78, 5) is 16.2. The molecule has 2 rings (SSSR count). The average Bonchev–Trinajstić information content (AvgIpc) is 2.39. The summed E-state index contributed by atoms with van der Waals surface area (Å²) >= 11 is 0. The van der Waals surface area contributed by atoms with Gasteiger partial charge in [0.2, 0.25) is 0 Å². The Hall–Kier alpha value is -1.39. The van der Waals surface area contributed by atoms with E-state index >= 15 is 0 Å². The van der Waals surface area contributed by atoms with Gasteiger partial charge in [-0.3, -0.25) is 9.69 Å². The molecule has 1 heterocycles. The first-order chi connectivity index (χ1) is 8.20. The van der Waals surface area contributed by atoms with E-state index in [1.54, 1.807) is 0 Å². The van der Waals surface area contributed by atoms with Gasteiger partial charge in [0.1, 0.15) is 6.17 Å². The van der Waals surface area contributed by atoms with Gasteiger partial charge in [0.05, 0.1) is 13.2 Å². The van der Waals surface area contributed by atoms with E-state index in [1.807, 2.05) is 54.2 Å². The third-order valence-corrected chi connectivity index (χ3v) is 2.98. The second kappa shape index (κ2) is 5.29. The smallest absolute Gasteiger partial charge is 0.255 e. The van der Waals surface area contributed by atoms with Gasteiger partial charge in [-0.15, -0.1) is 0 Å². The number of nitrogens with zero attached hydrogens (tertiary/aromatic N) is 2. The molecule has 0 spiro atoms. The van der Waals surface area contributed by atoms with Gasteiger partial charge < -0.3 is 9.64 Å². The summed E-state index contributed by atoms with van der Waals surface area (Å²) < 4.78 is 5.42. The Morgan fingerprint density at radius 1 is 1.35 bits per heavy atom. The van der Waals surface area contributed by atoms with Crippen molar-refractivity contribution in [2.24, 2.45) is 0 Å². The fraction of sp³-hybridized carbons (Fsp3) is 0.462. The number of benzene rings is 1. The molecule has 1 unspecified atom stereocenters. The summed E-state index contributed by atoms with van der Waals surface area (Å²) in [7, 11) is 3.93. The molecule has 1 aromatic carbocycles. The highest BCUT2D eigenvalue weighted by Gasteiger charge is 2.29. The van der Waals surface area contributed by atoms with Crippen LogP contribution in [0.15, 0.2) is 30.3 Å².